The largest absolute Gasteiger partial charge is 0.447 e. The SMILES string of the molecule is CCC(CC)[C@@H](NCc1ccccc1)P(=O)(Oc1ccccc1)Oc1ccccc1. The van der Waals surface area contributed by atoms with Crippen LogP contribution in [0.25, 0.3) is 0 Å². The van der Waals surface area contributed by atoms with Crippen LogP contribution >= 0.6 is 7.60 Å². The molecule has 3 aromatic carbocycles. The molecule has 3 rings (SSSR count). The van der Waals surface area contributed by atoms with Crippen LogP contribution in [0.4, 0.5) is 0 Å². The van der Waals surface area contributed by atoms with E-state index in [-0.39, 0.29) is 5.92 Å². The van der Waals surface area contributed by atoms with Crippen LogP contribution in [0, 0.1) is 5.92 Å². The quantitative estimate of drug-likeness (QED) is 0.341. The Bertz CT molecular complexity index is 869. The van der Waals surface area contributed by atoms with Gasteiger partial charge in [0.15, 0.2) is 0 Å². The molecule has 0 aliphatic rings. The second-order valence-electron chi connectivity index (χ2n) is 7.24. The van der Waals surface area contributed by atoms with Crippen LogP contribution in [-0.4, -0.2) is 5.78 Å². The molecule has 0 radical (unpaired) electrons. The van der Waals surface area contributed by atoms with Crippen LogP contribution in [0.5, 0.6) is 11.5 Å². The number of hydrogen-bond acceptors (Lipinski definition) is 4. The highest BCUT2D eigenvalue weighted by molar-refractivity contribution is 7.55. The number of rotatable bonds is 11. The zero-order valence-electron chi connectivity index (χ0n) is 17.6. The third-order valence-corrected chi connectivity index (χ3v) is 7.36. The van der Waals surface area contributed by atoms with Crippen molar-refractivity contribution in [1.82, 2.24) is 5.32 Å². The van der Waals surface area contributed by atoms with Gasteiger partial charge in [-0.25, -0.2) is 4.57 Å². The summed E-state index contributed by atoms with van der Waals surface area (Å²) in [5.41, 5.74) is 1.12. The van der Waals surface area contributed by atoms with E-state index in [1.807, 2.05) is 78.9 Å². The van der Waals surface area contributed by atoms with E-state index in [0.717, 1.165) is 18.4 Å². The predicted molar refractivity (Wildman–Crippen MR) is 123 cm³/mol. The average molecular weight is 423 g/mol. The summed E-state index contributed by atoms with van der Waals surface area (Å²) in [5, 5.41) is 3.51. The van der Waals surface area contributed by atoms with Crippen LogP contribution in [0.1, 0.15) is 32.3 Å². The average Bonchev–Trinajstić information content (AvgIpc) is 2.78. The van der Waals surface area contributed by atoms with Gasteiger partial charge in [-0.3, -0.25) is 5.32 Å². The molecule has 1 N–H and O–H groups in total. The molecule has 0 fully saturated rings. The molecule has 5 heteroatoms. The first-order valence-electron chi connectivity index (χ1n) is 10.5. The lowest BCUT2D eigenvalue weighted by Gasteiger charge is -2.33. The summed E-state index contributed by atoms with van der Waals surface area (Å²) in [6.45, 7) is 4.81. The van der Waals surface area contributed by atoms with Crippen LogP contribution in [0.3, 0.4) is 0 Å². The maximum absolute atomic E-state index is 14.3. The van der Waals surface area contributed by atoms with Crippen molar-refractivity contribution in [2.24, 2.45) is 5.92 Å². The Labute approximate surface area is 179 Å². The van der Waals surface area contributed by atoms with Gasteiger partial charge in [-0.1, -0.05) is 93.4 Å². The summed E-state index contributed by atoms with van der Waals surface area (Å²) >= 11 is 0. The Hall–Kier alpha value is -2.55. The smallest absolute Gasteiger partial charge is 0.415 e. The predicted octanol–water partition coefficient (Wildman–Crippen LogP) is 6.89. The molecule has 4 nitrogen and oxygen atoms in total. The summed E-state index contributed by atoms with van der Waals surface area (Å²) in [5.74, 6) is 0.753. The van der Waals surface area contributed by atoms with Crippen LogP contribution < -0.4 is 14.4 Å². The summed E-state index contributed by atoms with van der Waals surface area (Å²) in [6.07, 6.45) is 1.73. The van der Waals surface area contributed by atoms with E-state index in [9.17, 15) is 4.57 Å². The molecule has 0 aliphatic carbocycles. The second kappa shape index (κ2) is 11.0. The van der Waals surface area contributed by atoms with Crippen molar-refractivity contribution in [2.75, 3.05) is 0 Å². The normalized spacial score (nSPS) is 12.5. The van der Waals surface area contributed by atoms with Gasteiger partial charge in [-0.15, -0.1) is 0 Å². The van der Waals surface area contributed by atoms with Gasteiger partial charge in [-0.2, -0.15) is 0 Å². The fraction of sp³-hybridized carbons (Fsp3) is 0.280. The lowest BCUT2D eigenvalue weighted by atomic mass is 10.0. The Morgan fingerprint density at radius 2 is 1.17 bits per heavy atom. The number of hydrogen-bond donors (Lipinski definition) is 1. The second-order valence-corrected chi connectivity index (χ2v) is 9.24. The Morgan fingerprint density at radius 1 is 0.733 bits per heavy atom. The minimum absolute atomic E-state index is 0.131. The highest BCUT2D eigenvalue weighted by Crippen LogP contribution is 2.55. The molecule has 0 spiro atoms. The molecule has 0 saturated carbocycles. The van der Waals surface area contributed by atoms with Gasteiger partial charge in [-0.05, 0) is 35.7 Å². The summed E-state index contributed by atoms with van der Waals surface area (Å²) in [6, 6.07) is 28.6. The molecule has 30 heavy (non-hydrogen) atoms. The molecule has 1 atom stereocenters. The van der Waals surface area contributed by atoms with Gasteiger partial charge in [0.1, 0.15) is 17.3 Å². The molecule has 3 aromatic rings. The van der Waals surface area contributed by atoms with Gasteiger partial charge >= 0.3 is 7.60 Å². The molecule has 0 aromatic heterocycles. The zero-order valence-corrected chi connectivity index (χ0v) is 18.5. The molecule has 0 saturated heterocycles. The van der Waals surface area contributed by atoms with Crippen molar-refractivity contribution in [3.63, 3.8) is 0 Å². The highest BCUT2D eigenvalue weighted by atomic mass is 31.2. The Balaban J connectivity index is 1.94. The topological polar surface area (TPSA) is 47.6 Å². The van der Waals surface area contributed by atoms with Crippen LogP contribution in [-0.2, 0) is 11.1 Å². The van der Waals surface area contributed by atoms with Crippen molar-refractivity contribution in [2.45, 2.75) is 39.0 Å². The van der Waals surface area contributed by atoms with Crippen molar-refractivity contribution in [3.8, 4) is 11.5 Å². The number of benzene rings is 3. The first-order chi connectivity index (χ1) is 14.6. The van der Waals surface area contributed by atoms with E-state index >= 15 is 0 Å². The van der Waals surface area contributed by atoms with Gasteiger partial charge in [0.2, 0.25) is 0 Å². The molecule has 0 amide bonds. The first-order valence-corrected chi connectivity index (χ1v) is 12.1. The van der Waals surface area contributed by atoms with Gasteiger partial charge < -0.3 is 9.05 Å². The third kappa shape index (κ3) is 5.98. The summed E-state index contributed by atoms with van der Waals surface area (Å²) in [7, 11) is -3.61. The number of nitrogens with one attached hydrogen (secondary N) is 1. The molecule has 0 heterocycles. The van der Waals surface area contributed by atoms with E-state index < -0.39 is 13.4 Å². The van der Waals surface area contributed by atoms with Gasteiger partial charge in [0.25, 0.3) is 0 Å². The van der Waals surface area contributed by atoms with Crippen molar-refractivity contribution in [3.05, 3.63) is 96.6 Å². The van der Waals surface area contributed by atoms with Gasteiger partial charge in [0.05, 0.1) is 0 Å². The first kappa shape index (κ1) is 22.1. The molecule has 158 valence electrons. The highest BCUT2D eigenvalue weighted by Gasteiger charge is 2.43. The molecular formula is C25H30NO3P. The van der Waals surface area contributed by atoms with E-state index in [2.05, 4.69) is 31.3 Å². The fourth-order valence-corrected chi connectivity index (χ4v) is 5.83. The minimum atomic E-state index is -3.61. The Kier molecular flexibility index (Phi) is 8.12. The minimum Gasteiger partial charge on any atom is -0.415 e. The molecular weight excluding hydrogens is 393 g/mol. The maximum Gasteiger partial charge on any atom is 0.447 e. The number of para-hydroxylation sites is 2. The summed E-state index contributed by atoms with van der Waals surface area (Å²) < 4.78 is 26.5. The van der Waals surface area contributed by atoms with Crippen molar-refractivity contribution < 1.29 is 13.6 Å². The van der Waals surface area contributed by atoms with E-state index in [1.54, 1.807) is 0 Å². The lowest BCUT2D eigenvalue weighted by molar-refractivity contribution is 0.313. The molecule has 0 bridgehead atoms. The van der Waals surface area contributed by atoms with E-state index in [1.165, 1.54) is 0 Å². The Morgan fingerprint density at radius 3 is 1.60 bits per heavy atom. The van der Waals surface area contributed by atoms with Crippen LogP contribution in [0.15, 0.2) is 91.0 Å². The van der Waals surface area contributed by atoms with Gasteiger partial charge in [0, 0.05) is 6.54 Å². The van der Waals surface area contributed by atoms with Crippen molar-refractivity contribution in [1.29, 1.82) is 0 Å². The van der Waals surface area contributed by atoms with Crippen molar-refractivity contribution >= 4 is 7.60 Å². The van der Waals surface area contributed by atoms with E-state index in [4.69, 9.17) is 9.05 Å². The fourth-order valence-electron chi connectivity index (χ4n) is 3.48. The van der Waals surface area contributed by atoms with E-state index in [0.29, 0.717) is 18.0 Å². The zero-order chi connectivity index (χ0) is 21.2. The lowest BCUT2D eigenvalue weighted by Crippen LogP contribution is -2.38. The van der Waals surface area contributed by atoms with Crippen LogP contribution in [0.2, 0.25) is 0 Å². The standard InChI is InChI=1S/C25H30NO3P/c1-3-22(4-2)25(26-20-21-14-8-5-9-15-21)30(27,28-23-16-10-6-11-17-23)29-24-18-12-7-13-19-24/h5-19,22,25-26H,3-4,20H2,1-2H3/t25-/m0/s1. The monoisotopic (exact) mass is 423 g/mol. The summed E-state index contributed by atoms with van der Waals surface area (Å²) in [4.78, 5) is 0. The molecule has 0 unspecified atom stereocenters. The molecule has 0 aliphatic heterocycles. The third-order valence-electron chi connectivity index (χ3n) is 5.15. The maximum atomic E-state index is 14.3.